The topological polar surface area (TPSA) is 98.5 Å². The molecule has 0 saturated carbocycles. The number of benzene rings is 1. The fraction of sp³-hybridized carbons (Fsp3) is 0.333. The average Bonchev–Trinajstić information content (AvgIpc) is 2.40. The molecule has 0 bridgehead atoms. The lowest BCUT2D eigenvalue weighted by Gasteiger charge is -2.22. The molecule has 1 N–H and O–H groups in total. The Bertz CT molecular complexity index is 715. The highest BCUT2D eigenvalue weighted by Gasteiger charge is 2.27. The quantitative estimate of drug-likeness (QED) is 0.826. The number of hydrogen-bond acceptors (Lipinski definition) is 4. The zero-order chi connectivity index (χ0) is 16.4. The molecule has 0 aliphatic rings. The Balaban J connectivity index is 3.40. The summed E-state index contributed by atoms with van der Waals surface area (Å²) in [5.41, 5.74) is -0.314. The third-order valence-corrected chi connectivity index (χ3v) is 6.13. The maximum Gasteiger partial charge on any atom is 0.337 e. The van der Waals surface area contributed by atoms with Gasteiger partial charge in [0.25, 0.3) is 0 Å². The molecule has 0 aliphatic carbocycles. The van der Waals surface area contributed by atoms with Crippen molar-refractivity contribution in [2.24, 2.45) is 0 Å². The van der Waals surface area contributed by atoms with Gasteiger partial charge >= 0.3 is 5.97 Å². The molecule has 0 aromatic heterocycles. The minimum Gasteiger partial charge on any atom is -0.478 e. The molecular formula is C12H12BrClN2O4S. The fourth-order valence-corrected chi connectivity index (χ4v) is 3.75. The number of nitrogens with zero attached hydrogens (tertiary/aromatic N) is 2. The van der Waals surface area contributed by atoms with E-state index in [0.29, 0.717) is 0 Å². The normalized spacial score (nSPS) is 13.0. The molecular weight excluding hydrogens is 384 g/mol. The van der Waals surface area contributed by atoms with Gasteiger partial charge in [0.05, 0.1) is 28.0 Å². The maximum absolute atomic E-state index is 12.4. The van der Waals surface area contributed by atoms with Crippen LogP contribution in [0.25, 0.3) is 0 Å². The Kier molecular flexibility index (Phi) is 5.75. The van der Waals surface area contributed by atoms with Crippen LogP contribution in [0.15, 0.2) is 21.5 Å². The first-order valence-electron chi connectivity index (χ1n) is 5.70. The van der Waals surface area contributed by atoms with Gasteiger partial charge in [-0.05, 0) is 35.0 Å². The highest BCUT2D eigenvalue weighted by atomic mass is 79.9. The van der Waals surface area contributed by atoms with Gasteiger partial charge in [0, 0.05) is 17.6 Å². The highest BCUT2D eigenvalue weighted by Crippen LogP contribution is 2.31. The van der Waals surface area contributed by atoms with E-state index in [1.54, 1.807) is 6.92 Å². The van der Waals surface area contributed by atoms with E-state index in [1.807, 2.05) is 6.07 Å². The highest BCUT2D eigenvalue weighted by molar-refractivity contribution is 9.10. The molecule has 0 radical (unpaired) electrons. The van der Waals surface area contributed by atoms with Crippen molar-refractivity contribution in [3.05, 3.63) is 27.2 Å². The Morgan fingerprint density at radius 2 is 2.14 bits per heavy atom. The molecule has 0 fully saturated rings. The molecule has 1 rings (SSSR count). The van der Waals surface area contributed by atoms with Crippen molar-refractivity contribution in [1.29, 1.82) is 5.26 Å². The van der Waals surface area contributed by atoms with Crippen molar-refractivity contribution < 1.29 is 18.3 Å². The summed E-state index contributed by atoms with van der Waals surface area (Å²) in [5.74, 6) is -1.33. The summed E-state index contributed by atoms with van der Waals surface area (Å²) in [6.07, 6.45) is 0.0241. The number of nitriles is 1. The molecule has 21 heavy (non-hydrogen) atoms. The predicted octanol–water partition coefficient (Wildman–Crippen LogP) is 2.72. The summed E-state index contributed by atoms with van der Waals surface area (Å²) < 4.78 is 26.1. The molecule has 1 aromatic carbocycles. The molecule has 1 unspecified atom stereocenters. The Morgan fingerprint density at radius 3 is 2.62 bits per heavy atom. The van der Waals surface area contributed by atoms with Crippen molar-refractivity contribution >= 4 is 43.5 Å². The summed E-state index contributed by atoms with van der Waals surface area (Å²) in [7, 11) is -2.59. The van der Waals surface area contributed by atoms with Crippen LogP contribution < -0.4 is 0 Å². The number of carbonyl (C=O) groups is 1. The summed E-state index contributed by atoms with van der Waals surface area (Å²) in [5, 5.41) is 17.6. The van der Waals surface area contributed by atoms with E-state index in [1.165, 1.54) is 13.1 Å². The van der Waals surface area contributed by atoms with Gasteiger partial charge in [-0.15, -0.1) is 0 Å². The van der Waals surface area contributed by atoms with Crippen LogP contribution in [0.3, 0.4) is 0 Å². The number of carboxylic acid groups (broad SMARTS) is 1. The number of halogens is 2. The van der Waals surface area contributed by atoms with E-state index in [2.05, 4.69) is 15.9 Å². The third-order valence-electron chi connectivity index (χ3n) is 2.92. The molecule has 114 valence electrons. The van der Waals surface area contributed by atoms with E-state index in [-0.39, 0.29) is 26.4 Å². The minimum atomic E-state index is -3.93. The molecule has 0 heterocycles. The molecule has 0 saturated heterocycles. The Labute approximate surface area is 136 Å². The van der Waals surface area contributed by atoms with Crippen LogP contribution in [0.5, 0.6) is 0 Å². The smallest absolute Gasteiger partial charge is 0.337 e. The monoisotopic (exact) mass is 394 g/mol. The van der Waals surface area contributed by atoms with E-state index in [4.69, 9.17) is 22.0 Å². The first kappa shape index (κ1) is 17.9. The molecule has 1 atom stereocenters. The summed E-state index contributed by atoms with van der Waals surface area (Å²) in [6, 6.07) is 3.59. The van der Waals surface area contributed by atoms with Crippen molar-refractivity contribution in [2.45, 2.75) is 24.3 Å². The van der Waals surface area contributed by atoms with Crippen LogP contribution in [-0.4, -0.2) is 36.9 Å². The Hall–Kier alpha value is -1.14. The SMILES string of the molecule is CC(CC#N)N(C)S(=O)(=O)c1cc(Br)c(Cl)c(C(=O)O)c1. The zero-order valence-electron chi connectivity index (χ0n) is 11.2. The first-order chi connectivity index (χ1) is 9.62. The van der Waals surface area contributed by atoms with Gasteiger partial charge in [-0.1, -0.05) is 11.6 Å². The van der Waals surface area contributed by atoms with E-state index < -0.39 is 22.0 Å². The Morgan fingerprint density at radius 1 is 1.57 bits per heavy atom. The van der Waals surface area contributed by atoms with Gasteiger partial charge in [0.2, 0.25) is 10.0 Å². The van der Waals surface area contributed by atoms with E-state index in [9.17, 15) is 13.2 Å². The van der Waals surface area contributed by atoms with Gasteiger partial charge in [-0.25, -0.2) is 13.2 Å². The minimum absolute atomic E-state index is 0.0241. The maximum atomic E-state index is 12.4. The lowest BCUT2D eigenvalue weighted by Crippen LogP contribution is -2.35. The van der Waals surface area contributed by atoms with Crippen molar-refractivity contribution in [3.63, 3.8) is 0 Å². The molecule has 9 heteroatoms. The zero-order valence-corrected chi connectivity index (χ0v) is 14.3. The second kappa shape index (κ2) is 6.75. The van der Waals surface area contributed by atoms with Crippen LogP contribution in [0.1, 0.15) is 23.7 Å². The second-order valence-electron chi connectivity index (χ2n) is 4.30. The van der Waals surface area contributed by atoms with E-state index in [0.717, 1.165) is 10.4 Å². The number of hydrogen-bond donors (Lipinski definition) is 1. The van der Waals surface area contributed by atoms with Crippen LogP contribution in [0, 0.1) is 11.3 Å². The number of sulfonamides is 1. The van der Waals surface area contributed by atoms with Crippen LogP contribution in [0.2, 0.25) is 5.02 Å². The number of aromatic carboxylic acids is 1. The molecule has 6 nitrogen and oxygen atoms in total. The van der Waals surface area contributed by atoms with Crippen molar-refractivity contribution in [1.82, 2.24) is 4.31 Å². The van der Waals surface area contributed by atoms with Gasteiger partial charge in [0.15, 0.2) is 0 Å². The van der Waals surface area contributed by atoms with Gasteiger partial charge < -0.3 is 5.11 Å². The number of rotatable bonds is 5. The largest absolute Gasteiger partial charge is 0.478 e. The van der Waals surface area contributed by atoms with Crippen molar-refractivity contribution in [3.8, 4) is 6.07 Å². The second-order valence-corrected chi connectivity index (χ2v) is 7.53. The number of carboxylic acids is 1. The van der Waals surface area contributed by atoms with Crippen LogP contribution in [-0.2, 0) is 10.0 Å². The van der Waals surface area contributed by atoms with Crippen LogP contribution in [0.4, 0.5) is 0 Å². The lowest BCUT2D eigenvalue weighted by atomic mass is 10.2. The fourth-order valence-electron chi connectivity index (χ4n) is 1.53. The third kappa shape index (κ3) is 3.74. The van der Waals surface area contributed by atoms with Gasteiger partial charge in [-0.3, -0.25) is 0 Å². The molecule has 0 aliphatic heterocycles. The first-order valence-corrected chi connectivity index (χ1v) is 8.31. The predicted molar refractivity (Wildman–Crippen MR) is 80.8 cm³/mol. The lowest BCUT2D eigenvalue weighted by molar-refractivity contribution is 0.0696. The van der Waals surface area contributed by atoms with Gasteiger partial charge in [0.1, 0.15) is 0 Å². The van der Waals surface area contributed by atoms with Gasteiger partial charge in [-0.2, -0.15) is 9.57 Å². The standard InChI is InChI=1S/C12H12BrClN2O4S/c1-7(3-4-15)16(2)21(19,20)8-5-9(12(17)18)11(14)10(13)6-8/h5-7H,3H2,1-2H3,(H,17,18). The van der Waals surface area contributed by atoms with Crippen molar-refractivity contribution in [2.75, 3.05) is 7.05 Å². The molecule has 0 amide bonds. The molecule has 1 aromatic rings. The summed E-state index contributed by atoms with van der Waals surface area (Å²) >= 11 is 8.87. The van der Waals surface area contributed by atoms with E-state index >= 15 is 0 Å². The average molecular weight is 396 g/mol. The summed E-state index contributed by atoms with van der Waals surface area (Å²) in [4.78, 5) is 10.9. The molecule has 0 spiro atoms. The summed E-state index contributed by atoms with van der Waals surface area (Å²) in [6.45, 7) is 1.59. The van der Waals surface area contributed by atoms with Crippen LogP contribution >= 0.6 is 27.5 Å².